The molecule has 0 bridgehead atoms. The number of rotatable bonds is 4. The maximum absolute atomic E-state index is 12.1. The van der Waals surface area contributed by atoms with Crippen molar-refractivity contribution in [1.29, 1.82) is 0 Å². The molecular weight excluding hydrogens is 310 g/mol. The Kier molecular flexibility index (Phi) is 5.23. The topological polar surface area (TPSA) is 87.7 Å². The number of carbonyl (C=O) groups excluding carboxylic acids is 3. The normalized spacial score (nSPS) is 14.5. The second-order valence-corrected chi connectivity index (χ2v) is 6.37. The predicted octanol–water partition coefficient (Wildman–Crippen LogP) is 1.27. The Balaban J connectivity index is 1.95. The first-order valence-electron chi connectivity index (χ1n) is 7.59. The zero-order chi connectivity index (χ0) is 17.7. The summed E-state index contributed by atoms with van der Waals surface area (Å²) < 4.78 is 4.99. The third-order valence-corrected chi connectivity index (χ3v) is 3.05. The molecule has 1 aromatic rings. The molecule has 0 saturated carbocycles. The highest BCUT2D eigenvalue weighted by Crippen LogP contribution is 2.17. The maximum Gasteiger partial charge on any atom is 0.356 e. The van der Waals surface area contributed by atoms with Gasteiger partial charge in [-0.3, -0.25) is 15.0 Å². The summed E-state index contributed by atoms with van der Waals surface area (Å²) in [4.78, 5) is 35.8. The minimum Gasteiger partial charge on any atom is -0.451 e. The number of anilines is 1. The smallest absolute Gasteiger partial charge is 0.356 e. The summed E-state index contributed by atoms with van der Waals surface area (Å²) in [5, 5.41) is 3.98. The molecule has 0 atom stereocenters. The summed E-state index contributed by atoms with van der Waals surface area (Å²) in [6.07, 6.45) is 1.52. The van der Waals surface area contributed by atoms with Crippen LogP contribution in [0.2, 0.25) is 0 Å². The lowest BCUT2D eigenvalue weighted by molar-refractivity contribution is -0.145. The number of nitrogens with one attached hydrogen (secondary N) is 2. The molecule has 1 heterocycles. The summed E-state index contributed by atoms with van der Waals surface area (Å²) in [5.41, 5.74) is 3.07. The van der Waals surface area contributed by atoms with Crippen molar-refractivity contribution < 1.29 is 19.1 Å². The molecule has 7 nitrogen and oxygen atoms in total. The molecule has 24 heavy (non-hydrogen) atoms. The fraction of sp³-hybridized carbons (Fsp3) is 0.353. The maximum atomic E-state index is 12.1. The number of hydrazine groups is 1. The van der Waals surface area contributed by atoms with Crippen LogP contribution in [-0.4, -0.2) is 29.9 Å². The Morgan fingerprint density at radius 2 is 1.92 bits per heavy atom. The molecule has 0 aromatic heterocycles. The molecular formula is C17H21N3O4. The first kappa shape index (κ1) is 17.5. The average molecular weight is 331 g/mol. The Bertz CT molecular complexity index is 662. The summed E-state index contributed by atoms with van der Waals surface area (Å²) >= 11 is 0. The van der Waals surface area contributed by atoms with Crippen molar-refractivity contribution in [2.24, 2.45) is 0 Å². The van der Waals surface area contributed by atoms with Crippen LogP contribution in [0.5, 0.6) is 0 Å². The van der Waals surface area contributed by atoms with Crippen molar-refractivity contribution in [2.75, 3.05) is 11.6 Å². The number of carbonyl (C=O) groups is 3. The van der Waals surface area contributed by atoms with E-state index in [1.54, 1.807) is 24.3 Å². The number of hydrogen-bond donors (Lipinski definition) is 2. The molecule has 0 unspecified atom stereocenters. The molecule has 1 aliphatic rings. The molecule has 2 rings (SSSR count). The summed E-state index contributed by atoms with van der Waals surface area (Å²) in [6.45, 7) is 5.12. The van der Waals surface area contributed by atoms with Crippen molar-refractivity contribution in [2.45, 2.75) is 32.7 Å². The third-order valence-electron chi connectivity index (χ3n) is 3.05. The van der Waals surface area contributed by atoms with Gasteiger partial charge < -0.3 is 10.1 Å². The van der Waals surface area contributed by atoms with Gasteiger partial charge in [-0.2, -0.15) is 0 Å². The number of para-hydroxylation sites is 1. The summed E-state index contributed by atoms with van der Waals surface area (Å²) in [7, 11) is 0. The van der Waals surface area contributed by atoms with Gasteiger partial charge in [-0.05, 0) is 39.0 Å². The molecule has 7 heteroatoms. The van der Waals surface area contributed by atoms with Gasteiger partial charge in [0.1, 0.15) is 5.70 Å². The van der Waals surface area contributed by atoms with E-state index in [2.05, 4.69) is 10.7 Å². The Labute approximate surface area is 140 Å². The number of benzene rings is 1. The van der Waals surface area contributed by atoms with Gasteiger partial charge in [-0.15, -0.1) is 0 Å². The number of nitrogens with zero attached hydrogens (tertiary/aromatic N) is 1. The molecule has 0 radical (unpaired) electrons. The third kappa shape index (κ3) is 4.84. The number of amides is 2. The first-order valence-corrected chi connectivity index (χ1v) is 7.59. The standard InChI is InChI=1S/C17H21N3O4/c1-17(2,3)18-14(21)11-24-16(23)13-9-10-15(22)20(19-13)12-7-5-4-6-8-12/h4-9,19H,10-11H2,1-3H3,(H,18,21). The molecule has 0 fully saturated rings. The van der Waals surface area contributed by atoms with Gasteiger partial charge in [0, 0.05) is 12.0 Å². The second-order valence-electron chi connectivity index (χ2n) is 6.37. The number of esters is 1. The summed E-state index contributed by atoms with van der Waals surface area (Å²) in [6, 6.07) is 8.90. The Hall–Kier alpha value is -2.83. The van der Waals surface area contributed by atoms with Gasteiger partial charge in [0.2, 0.25) is 5.91 Å². The predicted molar refractivity (Wildman–Crippen MR) is 88.6 cm³/mol. The van der Waals surface area contributed by atoms with Crippen LogP contribution in [0.25, 0.3) is 0 Å². The molecule has 1 aliphatic heterocycles. The minimum atomic E-state index is -0.688. The average Bonchev–Trinajstić information content (AvgIpc) is 2.52. The van der Waals surface area contributed by atoms with Crippen LogP contribution in [0.4, 0.5) is 5.69 Å². The number of ether oxygens (including phenoxy) is 1. The lowest BCUT2D eigenvalue weighted by Gasteiger charge is -2.28. The van der Waals surface area contributed by atoms with Crippen LogP contribution in [0, 0.1) is 0 Å². The lowest BCUT2D eigenvalue weighted by Crippen LogP contribution is -2.47. The van der Waals surface area contributed by atoms with Crippen LogP contribution in [0.15, 0.2) is 42.1 Å². The van der Waals surface area contributed by atoms with E-state index >= 15 is 0 Å². The molecule has 0 saturated heterocycles. The summed E-state index contributed by atoms with van der Waals surface area (Å²) in [5.74, 6) is -1.26. The van der Waals surface area contributed by atoms with Crippen molar-refractivity contribution >= 4 is 23.5 Å². The largest absolute Gasteiger partial charge is 0.451 e. The Morgan fingerprint density at radius 1 is 1.25 bits per heavy atom. The fourth-order valence-electron chi connectivity index (χ4n) is 2.09. The van der Waals surface area contributed by atoms with Gasteiger partial charge in [0.15, 0.2) is 6.61 Å². The van der Waals surface area contributed by atoms with Crippen LogP contribution in [-0.2, 0) is 19.1 Å². The number of hydrogen-bond acceptors (Lipinski definition) is 5. The SMILES string of the molecule is CC(C)(C)NC(=O)COC(=O)C1=CCC(=O)N(c2ccccc2)N1. The van der Waals surface area contributed by atoms with Crippen LogP contribution in [0.3, 0.4) is 0 Å². The highest BCUT2D eigenvalue weighted by molar-refractivity contribution is 5.99. The monoisotopic (exact) mass is 331 g/mol. The van der Waals surface area contributed by atoms with Crippen LogP contribution >= 0.6 is 0 Å². The first-order chi connectivity index (χ1) is 11.3. The molecule has 128 valence electrons. The minimum absolute atomic E-state index is 0.0700. The lowest BCUT2D eigenvalue weighted by atomic mass is 10.1. The zero-order valence-electron chi connectivity index (χ0n) is 14.0. The second kappa shape index (κ2) is 7.16. The van der Waals surface area contributed by atoms with E-state index in [0.29, 0.717) is 5.69 Å². The van der Waals surface area contributed by atoms with Gasteiger partial charge in [-0.1, -0.05) is 18.2 Å². The molecule has 1 aromatic carbocycles. The van der Waals surface area contributed by atoms with E-state index < -0.39 is 11.5 Å². The molecule has 0 spiro atoms. The zero-order valence-corrected chi connectivity index (χ0v) is 14.0. The molecule has 2 amide bonds. The molecule has 2 N–H and O–H groups in total. The van der Waals surface area contributed by atoms with Crippen molar-refractivity contribution in [3.8, 4) is 0 Å². The van der Waals surface area contributed by atoms with Gasteiger partial charge in [-0.25, -0.2) is 9.80 Å². The van der Waals surface area contributed by atoms with E-state index in [1.165, 1.54) is 11.1 Å². The molecule has 0 aliphatic carbocycles. The highest BCUT2D eigenvalue weighted by atomic mass is 16.5. The quantitative estimate of drug-likeness (QED) is 0.811. The van der Waals surface area contributed by atoms with Gasteiger partial charge >= 0.3 is 5.97 Å². The van der Waals surface area contributed by atoms with Crippen LogP contribution < -0.4 is 15.8 Å². The Morgan fingerprint density at radius 3 is 2.54 bits per heavy atom. The van der Waals surface area contributed by atoms with Crippen LogP contribution in [0.1, 0.15) is 27.2 Å². The fourth-order valence-corrected chi connectivity index (χ4v) is 2.09. The van der Waals surface area contributed by atoms with Gasteiger partial charge in [0.05, 0.1) is 5.69 Å². The van der Waals surface area contributed by atoms with E-state index in [0.717, 1.165) is 0 Å². The van der Waals surface area contributed by atoms with Crippen molar-refractivity contribution in [1.82, 2.24) is 10.7 Å². The van der Waals surface area contributed by atoms with E-state index in [9.17, 15) is 14.4 Å². The van der Waals surface area contributed by atoms with E-state index in [1.807, 2.05) is 26.8 Å². The highest BCUT2D eigenvalue weighted by Gasteiger charge is 2.25. The van der Waals surface area contributed by atoms with E-state index in [4.69, 9.17) is 4.74 Å². The van der Waals surface area contributed by atoms with E-state index in [-0.39, 0.29) is 30.5 Å². The van der Waals surface area contributed by atoms with Gasteiger partial charge in [0.25, 0.3) is 5.91 Å². The van der Waals surface area contributed by atoms with Crippen molar-refractivity contribution in [3.05, 3.63) is 42.1 Å². The van der Waals surface area contributed by atoms with Crippen molar-refractivity contribution in [3.63, 3.8) is 0 Å².